The van der Waals surface area contributed by atoms with Gasteiger partial charge in [-0.15, -0.1) is 0 Å². The monoisotopic (exact) mass is 405 g/mol. The van der Waals surface area contributed by atoms with Gasteiger partial charge in [0.05, 0.1) is 31.0 Å². The van der Waals surface area contributed by atoms with Crippen LogP contribution in [-0.4, -0.2) is 98.8 Å². The van der Waals surface area contributed by atoms with Gasteiger partial charge < -0.3 is 44.8 Å². The Kier molecular flexibility index (Phi) is 9.42. The van der Waals surface area contributed by atoms with Crippen LogP contribution in [0.4, 0.5) is 0 Å². The highest BCUT2D eigenvalue weighted by atomic mass is 16.7. The van der Waals surface area contributed by atoms with Crippen molar-refractivity contribution in [1.29, 1.82) is 5.26 Å². The first-order valence-corrected chi connectivity index (χ1v) is 8.71. The van der Waals surface area contributed by atoms with Crippen LogP contribution in [0.5, 0.6) is 0 Å². The quantitative estimate of drug-likeness (QED) is 0.173. The number of esters is 1. The summed E-state index contributed by atoms with van der Waals surface area (Å²) in [5.41, 5.74) is -2.12. The highest BCUT2D eigenvalue weighted by molar-refractivity contribution is 5.80. The van der Waals surface area contributed by atoms with E-state index in [1.165, 1.54) is 19.9 Å². The highest BCUT2D eigenvalue weighted by Crippen LogP contribution is 2.24. The maximum Gasteiger partial charge on any atom is 0.340 e. The number of hydrogen-bond donors (Lipinski definition) is 6. The van der Waals surface area contributed by atoms with E-state index in [0.717, 1.165) is 0 Å². The molecule has 0 spiro atoms. The Balaban J connectivity index is 2.74. The van der Waals surface area contributed by atoms with Gasteiger partial charge in [-0.3, -0.25) is 0 Å². The van der Waals surface area contributed by atoms with Gasteiger partial charge in [-0.05, 0) is 19.4 Å². The van der Waals surface area contributed by atoms with E-state index < -0.39 is 61.6 Å². The molecule has 1 saturated heterocycles. The standard InChI is InChI=1S/C17H27NO10/c1-3-17(25,9(2)20)16(24)27-8-11-12(21)13(22)14(23)15(28-11)26-5-4-10(6-18)7-19/h4,9,11-15,19-23,25H,3,5,7-8H2,1-2H3. The molecule has 1 heterocycles. The van der Waals surface area contributed by atoms with Gasteiger partial charge in [0.2, 0.25) is 0 Å². The molecular formula is C17H27NO10. The summed E-state index contributed by atoms with van der Waals surface area (Å²) in [7, 11) is 0. The van der Waals surface area contributed by atoms with Crippen LogP contribution in [0.25, 0.3) is 0 Å². The molecule has 1 aliphatic rings. The maximum atomic E-state index is 12.1. The van der Waals surface area contributed by atoms with Gasteiger partial charge in [0.25, 0.3) is 0 Å². The number of ether oxygens (including phenoxy) is 3. The molecule has 7 atom stereocenters. The van der Waals surface area contributed by atoms with Crippen LogP contribution in [0.3, 0.4) is 0 Å². The number of aliphatic hydroxyl groups is 6. The number of hydrogen-bond acceptors (Lipinski definition) is 11. The Morgan fingerprint density at radius 3 is 2.46 bits per heavy atom. The molecule has 0 aromatic heterocycles. The van der Waals surface area contributed by atoms with Crippen LogP contribution in [-0.2, 0) is 19.0 Å². The van der Waals surface area contributed by atoms with Crippen LogP contribution in [0.15, 0.2) is 11.6 Å². The molecule has 7 unspecified atom stereocenters. The van der Waals surface area contributed by atoms with E-state index in [-0.39, 0.29) is 18.6 Å². The topological polar surface area (TPSA) is 190 Å². The average Bonchev–Trinajstić information content (AvgIpc) is 2.68. The molecule has 1 rings (SSSR count). The second-order valence-corrected chi connectivity index (χ2v) is 6.40. The fourth-order valence-corrected chi connectivity index (χ4v) is 2.47. The number of nitrogens with zero attached hydrogens (tertiary/aromatic N) is 1. The Morgan fingerprint density at radius 2 is 1.96 bits per heavy atom. The van der Waals surface area contributed by atoms with E-state index in [4.69, 9.17) is 24.6 Å². The van der Waals surface area contributed by atoms with E-state index in [1.54, 1.807) is 6.07 Å². The smallest absolute Gasteiger partial charge is 0.340 e. The lowest BCUT2D eigenvalue weighted by Gasteiger charge is -2.40. The predicted octanol–water partition coefficient (Wildman–Crippen LogP) is -2.68. The molecule has 0 bridgehead atoms. The maximum absolute atomic E-state index is 12.1. The summed E-state index contributed by atoms with van der Waals surface area (Å²) >= 11 is 0. The van der Waals surface area contributed by atoms with E-state index >= 15 is 0 Å². The van der Waals surface area contributed by atoms with Gasteiger partial charge in [-0.2, -0.15) is 5.26 Å². The van der Waals surface area contributed by atoms with Crippen molar-refractivity contribution in [2.45, 2.75) is 62.7 Å². The lowest BCUT2D eigenvalue weighted by atomic mass is 9.95. The van der Waals surface area contributed by atoms with Crippen molar-refractivity contribution in [1.82, 2.24) is 0 Å². The van der Waals surface area contributed by atoms with Crippen molar-refractivity contribution in [3.63, 3.8) is 0 Å². The Bertz CT molecular complexity index is 589. The summed E-state index contributed by atoms with van der Waals surface area (Å²) in [6, 6.07) is 1.72. The summed E-state index contributed by atoms with van der Waals surface area (Å²) < 4.78 is 15.4. The number of nitriles is 1. The molecule has 0 aromatic rings. The Morgan fingerprint density at radius 1 is 1.32 bits per heavy atom. The highest BCUT2D eigenvalue weighted by Gasteiger charge is 2.46. The third-order valence-electron chi connectivity index (χ3n) is 4.53. The van der Waals surface area contributed by atoms with Crippen molar-refractivity contribution in [3.05, 3.63) is 11.6 Å². The molecular weight excluding hydrogens is 378 g/mol. The van der Waals surface area contributed by atoms with E-state index in [1.807, 2.05) is 0 Å². The van der Waals surface area contributed by atoms with Crippen LogP contribution in [0, 0.1) is 11.3 Å². The van der Waals surface area contributed by atoms with Gasteiger partial charge in [0.15, 0.2) is 11.9 Å². The normalized spacial score (nSPS) is 31.5. The van der Waals surface area contributed by atoms with Crippen molar-refractivity contribution in [2.24, 2.45) is 0 Å². The summed E-state index contributed by atoms with van der Waals surface area (Å²) in [5, 5.41) is 67.2. The molecule has 11 nitrogen and oxygen atoms in total. The largest absolute Gasteiger partial charge is 0.461 e. The summed E-state index contributed by atoms with van der Waals surface area (Å²) in [4.78, 5) is 12.1. The third-order valence-corrected chi connectivity index (χ3v) is 4.53. The molecule has 0 aromatic carbocycles. The minimum Gasteiger partial charge on any atom is -0.461 e. The molecule has 6 N–H and O–H groups in total. The second kappa shape index (κ2) is 10.8. The van der Waals surface area contributed by atoms with E-state index in [0.29, 0.717) is 0 Å². The van der Waals surface area contributed by atoms with Crippen LogP contribution >= 0.6 is 0 Å². The molecule has 0 amide bonds. The third kappa shape index (κ3) is 5.69. The minimum absolute atomic E-state index is 0.0216. The average molecular weight is 405 g/mol. The van der Waals surface area contributed by atoms with Gasteiger partial charge in [0.1, 0.15) is 31.0 Å². The molecule has 0 saturated carbocycles. The van der Waals surface area contributed by atoms with Crippen molar-refractivity contribution >= 4 is 5.97 Å². The number of aliphatic hydroxyl groups excluding tert-OH is 5. The first-order valence-electron chi connectivity index (χ1n) is 8.71. The molecule has 1 aliphatic heterocycles. The fraction of sp³-hybridized carbons (Fsp3) is 0.765. The fourth-order valence-electron chi connectivity index (χ4n) is 2.47. The molecule has 160 valence electrons. The summed E-state index contributed by atoms with van der Waals surface area (Å²) in [5.74, 6) is -1.14. The second-order valence-electron chi connectivity index (χ2n) is 6.40. The molecule has 11 heteroatoms. The lowest BCUT2D eigenvalue weighted by Crippen LogP contribution is -2.60. The summed E-state index contributed by atoms with van der Waals surface area (Å²) in [6.45, 7) is 1.36. The zero-order chi connectivity index (χ0) is 21.5. The number of carbonyl (C=O) groups is 1. The molecule has 0 aliphatic carbocycles. The van der Waals surface area contributed by atoms with Crippen molar-refractivity contribution < 1.29 is 49.6 Å². The van der Waals surface area contributed by atoms with E-state index in [9.17, 15) is 30.3 Å². The van der Waals surface area contributed by atoms with Gasteiger partial charge in [0, 0.05) is 0 Å². The molecule has 1 fully saturated rings. The van der Waals surface area contributed by atoms with Crippen LogP contribution in [0.1, 0.15) is 20.3 Å². The molecule has 0 radical (unpaired) electrons. The van der Waals surface area contributed by atoms with Crippen molar-refractivity contribution in [3.8, 4) is 6.07 Å². The molecule has 28 heavy (non-hydrogen) atoms. The van der Waals surface area contributed by atoms with Gasteiger partial charge in [-0.1, -0.05) is 6.92 Å². The first-order chi connectivity index (χ1) is 13.1. The van der Waals surface area contributed by atoms with Gasteiger partial charge in [-0.25, -0.2) is 4.79 Å². The zero-order valence-electron chi connectivity index (χ0n) is 15.6. The van der Waals surface area contributed by atoms with Gasteiger partial charge >= 0.3 is 5.97 Å². The number of carbonyl (C=O) groups excluding carboxylic acids is 1. The Labute approximate surface area is 162 Å². The van der Waals surface area contributed by atoms with Crippen LogP contribution < -0.4 is 0 Å². The first kappa shape index (κ1) is 24.4. The van der Waals surface area contributed by atoms with Crippen LogP contribution in [0.2, 0.25) is 0 Å². The van der Waals surface area contributed by atoms with E-state index in [2.05, 4.69) is 0 Å². The number of rotatable bonds is 9. The predicted molar refractivity (Wildman–Crippen MR) is 91.3 cm³/mol. The minimum atomic E-state index is -2.14. The lowest BCUT2D eigenvalue weighted by molar-refractivity contribution is -0.300. The van der Waals surface area contributed by atoms with Crippen molar-refractivity contribution in [2.75, 3.05) is 19.8 Å². The zero-order valence-corrected chi connectivity index (χ0v) is 15.6. The summed E-state index contributed by atoms with van der Waals surface area (Å²) in [6.07, 6.45) is -7.92. The SMILES string of the molecule is CCC(O)(C(=O)OCC1OC(OCC=C(C#N)CO)C(O)C(O)C1O)C(C)O. The Hall–Kier alpha value is -1.62.